The van der Waals surface area contributed by atoms with Crippen molar-refractivity contribution in [3.63, 3.8) is 0 Å². The standard InChI is InChI=1S/C11H19N3O2S/c1-3-9(2)8-13-10-5-4-6-11(7-10)14-17(12,15)16/h4-7,9,13-14H,3,8H2,1-2H3,(H2,12,15,16). The SMILES string of the molecule is CCC(C)CNc1cccc(NS(N)(=O)=O)c1. The molecule has 0 aromatic heterocycles. The van der Waals surface area contributed by atoms with Crippen LogP contribution >= 0.6 is 0 Å². The van der Waals surface area contributed by atoms with Crippen molar-refractivity contribution in [2.24, 2.45) is 11.1 Å². The van der Waals surface area contributed by atoms with Crippen molar-refractivity contribution in [1.82, 2.24) is 0 Å². The average molecular weight is 257 g/mol. The van der Waals surface area contributed by atoms with E-state index in [0.717, 1.165) is 18.7 Å². The number of benzene rings is 1. The summed E-state index contributed by atoms with van der Waals surface area (Å²) < 4.78 is 24.0. The molecule has 1 unspecified atom stereocenters. The van der Waals surface area contributed by atoms with Crippen LogP contribution in [-0.4, -0.2) is 15.0 Å². The summed E-state index contributed by atoms with van der Waals surface area (Å²) in [6.45, 7) is 5.14. The molecule has 0 aliphatic carbocycles. The molecule has 1 atom stereocenters. The molecule has 1 rings (SSSR count). The first-order valence-electron chi connectivity index (χ1n) is 5.55. The van der Waals surface area contributed by atoms with Crippen LogP contribution in [0.1, 0.15) is 20.3 Å². The van der Waals surface area contributed by atoms with E-state index in [1.807, 2.05) is 6.07 Å². The number of nitrogens with two attached hydrogens (primary N) is 1. The maximum Gasteiger partial charge on any atom is 0.296 e. The molecule has 0 aliphatic rings. The summed E-state index contributed by atoms with van der Waals surface area (Å²) in [6.07, 6.45) is 1.10. The van der Waals surface area contributed by atoms with Crippen molar-refractivity contribution < 1.29 is 8.42 Å². The topological polar surface area (TPSA) is 84.2 Å². The van der Waals surface area contributed by atoms with Gasteiger partial charge in [-0.25, -0.2) is 5.14 Å². The van der Waals surface area contributed by atoms with Crippen molar-refractivity contribution in [3.05, 3.63) is 24.3 Å². The van der Waals surface area contributed by atoms with Gasteiger partial charge in [0.25, 0.3) is 10.2 Å². The van der Waals surface area contributed by atoms with Gasteiger partial charge in [-0.3, -0.25) is 4.72 Å². The fourth-order valence-corrected chi connectivity index (χ4v) is 1.75. The molecule has 0 saturated carbocycles. The Morgan fingerprint density at radius 3 is 2.59 bits per heavy atom. The molecule has 17 heavy (non-hydrogen) atoms. The Kier molecular flexibility index (Phi) is 4.77. The third-order valence-electron chi connectivity index (χ3n) is 2.47. The molecular weight excluding hydrogens is 238 g/mol. The van der Waals surface area contributed by atoms with E-state index < -0.39 is 10.2 Å². The summed E-state index contributed by atoms with van der Waals surface area (Å²) >= 11 is 0. The van der Waals surface area contributed by atoms with E-state index in [9.17, 15) is 8.42 Å². The van der Waals surface area contributed by atoms with Gasteiger partial charge in [0, 0.05) is 12.2 Å². The monoisotopic (exact) mass is 257 g/mol. The summed E-state index contributed by atoms with van der Waals surface area (Å²) in [5.74, 6) is 0.574. The lowest BCUT2D eigenvalue weighted by molar-refractivity contribution is 0.593. The molecule has 0 heterocycles. The van der Waals surface area contributed by atoms with Crippen molar-refractivity contribution in [1.29, 1.82) is 0 Å². The zero-order valence-corrected chi connectivity index (χ0v) is 10.9. The van der Waals surface area contributed by atoms with Gasteiger partial charge >= 0.3 is 0 Å². The van der Waals surface area contributed by atoms with Gasteiger partial charge in [-0.1, -0.05) is 26.3 Å². The molecule has 1 aromatic rings. The summed E-state index contributed by atoms with van der Waals surface area (Å²) in [6, 6.07) is 7.02. The molecule has 0 saturated heterocycles. The van der Waals surface area contributed by atoms with Gasteiger partial charge in [0.1, 0.15) is 0 Å². The van der Waals surface area contributed by atoms with Crippen LogP contribution in [0.4, 0.5) is 11.4 Å². The van der Waals surface area contributed by atoms with Crippen LogP contribution in [0.5, 0.6) is 0 Å². The summed E-state index contributed by atoms with van der Waals surface area (Å²) in [4.78, 5) is 0. The number of hydrogen-bond acceptors (Lipinski definition) is 3. The van der Waals surface area contributed by atoms with Crippen molar-refractivity contribution in [3.8, 4) is 0 Å². The zero-order valence-electron chi connectivity index (χ0n) is 10.1. The number of anilines is 2. The van der Waals surface area contributed by atoms with Crippen LogP contribution in [0, 0.1) is 5.92 Å². The summed E-state index contributed by atoms with van der Waals surface area (Å²) in [7, 11) is -3.71. The summed E-state index contributed by atoms with van der Waals surface area (Å²) in [5.41, 5.74) is 1.33. The van der Waals surface area contributed by atoms with Gasteiger partial charge in [0.2, 0.25) is 0 Å². The molecule has 0 fully saturated rings. The molecule has 6 heteroatoms. The Morgan fingerprint density at radius 2 is 2.00 bits per heavy atom. The maximum atomic E-state index is 10.9. The van der Waals surface area contributed by atoms with E-state index in [2.05, 4.69) is 23.9 Å². The second-order valence-corrected chi connectivity index (χ2v) is 5.42. The molecule has 0 spiro atoms. The Bertz CT molecular complexity index is 460. The fourth-order valence-electron chi connectivity index (χ4n) is 1.29. The van der Waals surface area contributed by atoms with Crippen LogP contribution in [0.25, 0.3) is 0 Å². The highest BCUT2D eigenvalue weighted by atomic mass is 32.2. The summed E-state index contributed by atoms with van der Waals surface area (Å²) in [5, 5.41) is 8.15. The van der Waals surface area contributed by atoms with Crippen LogP contribution < -0.4 is 15.2 Å². The average Bonchev–Trinajstić information content (AvgIpc) is 2.24. The molecule has 0 radical (unpaired) electrons. The first-order valence-corrected chi connectivity index (χ1v) is 7.10. The zero-order chi connectivity index (χ0) is 12.9. The molecule has 0 amide bonds. The van der Waals surface area contributed by atoms with Gasteiger partial charge in [-0.2, -0.15) is 8.42 Å². The van der Waals surface area contributed by atoms with Gasteiger partial charge in [-0.05, 0) is 24.1 Å². The Hall–Kier alpha value is -1.27. The third-order valence-corrected chi connectivity index (χ3v) is 2.99. The minimum Gasteiger partial charge on any atom is -0.385 e. The first-order chi connectivity index (χ1) is 7.90. The van der Waals surface area contributed by atoms with E-state index in [0.29, 0.717) is 11.6 Å². The minimum absolute atomic E-state index is 0.460. The molecule has 0 bridgehead atoms. The lowest BCUT2D eigenvalue weighted by atomic mass is 10.1. The predicted octanol–water partition coefficient (Wildman–Crippen LogP) is 1.76. The first kappa shape index (κ1) is 13.8. The lowest BCUT2D eigenvalue weighted by Crippen LogP contribution is -2.21. The van der Waals surface area contributed by atoms with Crippen LogP contribution in [0.15, 0.2) is 24.3 Å². The highest BCUT2D eigenvalue weighted by Crippen LogP contribution is 2.16. The number of rotatable bonds is 6. The minimum atomic E-state index is -3.71. The lowest BCUT2D eigenvalue weighted by Gasteiger charge is -2.12. The fraction of sp³-hybridized carbons (Fsp3) is 0.455. The molecule has 5 nitrogen and oxygen atoms in total. The van der Waals surface area contributed by atoms with E-state index >= 15 is 0 Å². The van der Waals surface area contributed by atoms with Crippen molar-refractivity contribution >= 4 is 21.6 Å². The van der Waals surface area contributed by atoms with E-state index in [1.54, 1.807) is 18.2 Å². The van der Waals surface area contributed by atoms with Gasteiger partial charge in [0.15, 0.2) is 0 Å². The Morgan fingerprint density at radius 1 is 1.35 bits per heavy atom. The van der Waals surface area contributed by atoms with Gasteiger partial charge in [0.05, 0.1) is 5.69 Å². The molecule has 1 aromatic carbocycles. The predicted molar refractivity (Wildman–Crippen MR) is 71.1 cm³/mol. The Labute approximate surface area is 103 Å². The highest BCUT2D eigenvalue weighted by molar-refractivity contribution is 7.90. The molecular formula is C11H19N3O2S. The van der Waals surface area contributed by atoms with Crippen LogP contribution in [0.3, 0.4) is 0 Å². The quantitative estimate of drug-likeness (QED) is 0.726. The Balaban J connectivity index is 2.66. The van der Waals surface area contributed by atoms with Gasteiger partial charge < -0.3 is 5.32 Å². The molecule has 96 valence electrons. The smallest absolute Gasteiger partial charge is 0.296 e. The second-order valence-electron chi connectivity index (χ2n) is 4.12. The highest BCUT2D eigenvalue weighted by Gasteiger charge is 2.03. The van der Waals surface area contributed by atoms with Crippen LogP contribution in [0.2, 0.25) is 0 Å². The van der Waals surface area contributed by atoms with E-state index in [1.165, 1.54) is 0 Å². The normalized spacial score (nSPS) is 13.1. The van der Waals surface area contributed by atoms with Crippen molar-refractivity contribution in [2.45, 2.75) is 20.3 Å². The number of nitrogens with one attached hydrogen (secondary N) is 2. The number of hydrogen-bond donors (Lipinski definition) is 3. The maximum absolute atomic E-state index is 10.9. The third kappa shape index (κ3) is 5.55. The van der Waals surface area contributed by atoms with Gasteiger partial charge in [-0.15, -0.1) is 0 Å². The second kappa shape index (κ2) is 5.88. The van der Waals surface area contributed by atoms with Crippen LogP contribution in [-0.2, 0) is 10.2 Å². The van der Waals surface area contributed by atoms with E-state index in [4.69, 9.17) is 5.14 Å². The van der Waals surface area contributed by atoms with E-state index in [-0.39, 0.29) is 0 Å². The molecule has 0 aliphatic heterocycles. The largest absolute Gasteiger partial charge is 0.385 e. The van der Waals surface area contributed by atoms with Crippen molar-refractivity contribution in [2.75, 3.05) is 16.6 Å². The molecule has 4 N–H and O–H groups in total.